The maximum atomic E-state index is 2.33. The molecule has 0 spiro atoms. The summed E-state index contributed by atoms with van der Waals surface area (Å²) in [4.78, 5) is 0. The highest BCUT2D eigenvalue weighted by Gasteiger charge is 2.24. The van der Waals surface area contributed by atoms with Crippen LogP contribution in [0.3, 0.4) is 0 Å². The molecule has 0 rings (SSSR count). The van der Waals surface area contributed by atoms with Crippen LogP contribution >= 0.6 is 0 Å². The molecule has 0 fully saturated rings. The molecule has 0 saturated heterocycles. The molecule has 0 aliphatic carbocycles. The zero-order valence-corrected chi connectivity index (χ0v) is 28.4. The van der Waals surface area contributed by atoms with Gasteiger partial charge >= 0.3 is 0 Å². The van der Waals surface area contributed by atoms with E-state index in [4.69, 9.17) is 0 Å². The third-order valence-electron chi connectivity index (χ3n) is 3.94. The van der Waals surface area contributed by atoms with Gasteiger partial charge in [0.1, 0.15) is 0 Å². The maximum absolute atomic E-state index is 2.33. The molecule has 48 heavy (non-hydrogen) atoms. The van der Waals surface area contributed by atoms with Crippen LogP contribution in [-0.2, 0) is 0 Å². The fourth-order valence-electron chi connectivity index (χ4n) is 2.64. The van der Waals surface area contributed by atoms with Gasteiger partial charge in [-0.2, -0.15) is 0 Å². The van der Waals surface area contributed by atoms with Gasteiger partial charge in [0.2, 0.25) is 0 Å². The predicted octanol–water partition coefficient (Wildman–Crippen LogP) is -19.9. The van der Waals surface area contributed by atoms with E-state index in [9.17, 15) is 0 Å². The first-order valence-corrected chi connectivity index (χ1v) is 8.09. The quantitative estimate of drug-likeness (QED) is 0.171. The van der Waals surface area contributed by atoms with Crippen LogP contribution in [0.15, 0.2) is 0 Å². The topological polar surface area (TPSA) is 975 Å². The molecule has 0 unspecified atom stereocenters. The third-order valence-corrected chi connectivity index (χ3v) is 3.94. The lowest BCUT2D eigenvalue weighted by atomic mass is 10.1. The van der Waals surface area contributed by atoms with E-state index in [-0.39, 0.29) is 170 Å². The van der Waals surface area contributed by atoms with Gasteiger partial charge in [-0.05, 0) is 25.7 Å². The van der Waals surface area contributed by atoms with Crippen molar-refractivity contribution < 1.29 is 174 Å². The van der Waals surface area contributed by atoms with E-state index in [1.165, 1.54) is 82.0 Å². The molecule has 352 valence electrons. The molecular formula is C16H97NO31. The molecule has 0 radical (unpaired) electrons. The molecule has 0 amide bonds. The van der Waals surface area contributed by atoms with Crippen molar-refractivity contribution >= 4 is 0 Å². The number of unbranched alkanes of at least 4 members (excludes halogenated alkanes) is 4. The fourth-order valence-corrected chi connectivity index (χ4v) is 2.64. The summed E-state index contributed by atoms with van der Waals surface area (Å²) in [5, 5.41) is 0. The van der Waals surface area contributed by atoms with Gasteiger partial charge in [0.15, 0.2) is 0 Å². The lowest BCUT2D eigenvalue weighted by Gasteiger charge is -2.39. The summed E-state index contributed by atoms with van der Waals surface area (Å²) in [6, 6.07) is 0. The Morgan fingerprint density at radius 3 is 0.354 bits per heavy atom. The van der Waals surface area contributed by atoms with E-state index in [1.54, 1.807) is 0 Å². The molecule has 0 aromatic carbocycles. The van der Waals surface area contributed by atoms with Crippen molar-refractivity contribution in [1.29, 1.82) is 0 Å². The molecule has 0 heterocycles. The van der Waals surface area contributed by atoms with Crippen LogP contribution in [0.1, 0.15) is 79.1 Å². The van der Waals surface area contributed by atoms with Crippen LogP contribution in [0.5, 0.6) is 0 Å². The number of nitrogens with zero attached hydrogens (tertiary/aromatic N) is 1. The molecule has 61 N–H and O–H groups in total. The number of hydrogen-bond acceptors (Lipinski definition) is 1. The minimum absolute atomic E-state index is 0. The molecular weight excluding hydrogens is 702 g/mol. The Labute approximate surface area is 280 Å². The third kappa shape index (κ3) is 244. The highest BCUT2D eigenvalue weighted by molar-refractivity contribution is 4.49. The summed E-state index contributed by atoms with van der Waals surface area (Å²) in [7, 11) is 0. The lowest BCUT2D eigenvalue weighted by molar-refractivity contribution is -0.929. The first kappa shape index (κ1) is 451. The molecule has 0 aliphatic rings. The van der Waals surface area contributed by atoms with Crippen LogP contribution in [0, 0.1) is 0 Å². The summed E-state index contributed by atoms with van der Waals surface area (Å²) in [5.41, 5.74) is 0. The van der Waals surface area contributed by atoms with Crippen LogP contribution in [0.2, 0.25) is 0 Å². The molecule has 0 bridgehead atoms. The first-order chi connectivity index (χ1) is 8.24. The van der Waals surface area contributed by atoms with Crippen LogP contribution in [-0.4, -0.2) is 200 Å². The van der Waals surface area contributed by atoms with Gasteiger partial charge in [0.05, 0.1) is 26.2 Å². The van der Waals surface area contributed by atoms with E-state index < -0.39 is 0 Å². The Morgan fingerprint density at radius 1 is 0.208 bits per heavy atom. The Hall–Kier alpha value is -1.28. The van der Waals surface area contributed by atoms with E-state index >= 15 is 0 Å². The van der Waals surface area contributed by atoms with Gasteiger partial charge in [-0.3, -0.25) is 0 Å². The smallest absolute Gasteiger partial charge is 0.0786 e. The van der Waals surface area contributed by atoms with E-state index in [0.29, 0.717) is 0 Å². The Kier molecular flexibility index (Phi) is 3070. The predicted molar refractivity (Wildman–Crippen MR) is 190 cm³/mol. The van der Waals surface area contributed by atoms with Gasteiger partial charge in [0, 0.05) is 0 Å². The molecule has 0 aliphatic heterocycles. The van der Waals surface area contributed by atoms with E-state index in [2.05, 4.69) is 27.7 Å². The van der Waals surface area contributed by atoms with Gasteiger partial charge in [-0.25, -0.2) is 0 Å². The minimum Gasteiger partial charge on any atom is -0.870 e. The lowest BCUT2D eigenvalue weighted by Crippen LogP contribution is -2.50. The summed E-state index contributed by atoms with van der Waals surface area (Å²) in [6.45, 7) is 15.0. The summed E-state index contributed by atoms with van der Waals surface area (Å²) < 4.78 is 1.42. The SMILES string of the molecule is CCCC[N+](CCCC)(CCCC)CCCC.O.O.O.O.O.O.O.O.O.O.O.O.O.O.O.O.O.O.O.O.O.O.O.O.O.O.O.O.O.O.[OH-]. The van der Waals surface area contributed by atoms with Crippen molar-refractivity contribution in [2.75, 3.05) is 26.2 Å². The monoisotopic (exact) mass is 800 g/mol. The minimum atomic E-state index is 0. The fraction of sp³-hybridized carbons (Fsp3) is 1.00. The second-order valence-electron chi connectivity index (χ2n) is 5.65. The second kappa shape index (κ2) is 327. The van der Waals surface area contributed by atoms with Crippen molar-refractivity contribution in [2.24, 2.45) is 0 Å². The summed E-state index contributed by atoms with van der Waals surface area (Å²) in [6.07, 6.45) is 11.1. The molecule has 0 aromatic heterocycles. The first-order valence-electron chi connectivity index (χ1n) is 8.09. The highest BCUT2D eigenvalue weighted by atomic mass is 16.0. The van der Waals surface area contributed by atoms with E-state index in [0.717, 1.165) is 0 Å². The van der Waals surface area contributed by atoms with Crippen LogP contribution in [0.25, 0.3) is 0 Å². The normalized spacial score (nSPS) is 4.25. The zero-order chi connectivity index (χ0) is 13.0. The standard InChI is InChI=1S/C16H36N.31H2O/c1-5-9-13-17(14-10-6-2,15-11-7-3)16-12-8-4;;;;;;;;;;;;;;;;;;;;;;;;;;;;;;;/h5-16H2,1-4H3;31*1H2/q+1;;;;;;;;;;;;;;;;;;;;;;;;;;;;;;;/p-1. The molecule has 0 aromatic rings. The summed E-state index contributed by atoms with van der Waals surface area (Å²) >= 11 is 0. The molecule has 0 atom stereocenters. The van der Waals surface area contributed by atoms with Crippen molar-refractivity contribution in [3.05, 3.63) is 0 Å². The molecule has 32 nitrogen and oxygen atoms in total. The molecule has 32 heteroatoms. The van der Waals surface area contributed by atoms with Crippen molar-refractivity contribution in [1.82, 2.24) is 0 Å². The van der Waals surface area contributed by atoms with Crippen molar-refractivity contribution in [3.63, 3.8) is 0 Å². The Balaban J connectivity index is -0.00000000275. The number of hydrogen-bond donors (Lipinski definition) is 0. The Bertz CT molecular complexity index is 161. The van der Waals surface area contributed by atoms with Gasteiger partial charge in [0.25, 0.3) is 0 Å². The number of rotatable bonds is 12. The zero-order valence-electron chi connectivity index (χ0n) is 28.4. The average molecular weight is 800 g/mol. The number of quaternary nitrogens is 1. The van der Waals surface area contributed by atoms with Gasteiger partial charge < -0.3 is 174 Å². The van der Waals surface area contributed by atoms with Crippen LogP contribution in [0.4, 0.5) is 0 Å². The van der Waals surface area contributed by atoms with Gasteiger partial charge in [-0.1, -0.05) is 53.4 Å². The Morgan fingerprint density at radius 2 is 0.292 bits per heavy atom. The largest absolute Gasteiger partial charge is 0.870 e. The van der Waals surface area contributed by atoms with Crippen molar-refractivity contribution in [3.8, 4) is 0 Å². The maximum Gasteiger partial charge on any atom is 0.0786 e. The highest BCUT2D eigenvalue weighted by Crippen LogP contribution is 2.16. The van der Waals surface area contributed by atoms with E-state index in [1.807, 2.05) is 0 Å². The van der Waals surface area contributed by atoms with Crippen molar-refractivity contribution in [2.45, 2.75) is 79.1 Å². The van der Waals surface area contributed by atoms with Gasteiger partial charge in [-0.15, -0.1) is 0 Å². The average Bonchev–Trinajstić information content (AvgIpc) is 2.37. The van der Waals surface area contributed by atoms with Crippen LogP contribution < -0.4 is 0 Å². The second-order valence-corrected chi connectivity index (χ2v) is 5.65. The summed E-state index contributed by atoms with van der Waals surface area (Å²) in [5.74, 6) is 0. The molecule has 0 saturated carbocycles.